The number of aliphatic imine (C=N–C) groups is 3. The normalized spacial score (nSPS) is 18.7. The van der Waals surface area contributed by atoms with Crippen LogP contribution >= 0.6 is 0 Å². The molecule has 1 fully saturated rings. The molecule has 1 aliphatic heterocycles. The van der Waals surface area contributed by atoms with E-state index in [9.17, 15) is 0 Å². The number of nitrogens with zero attached hydrogens (tertiary/aromatic N) is 3. The van der Waals surface area contributed by atoms with Gasteiger partial charge in [-0.15, -0.1) is 0 Å². The first kappa shape index (κ1) is 21.2. The highest BCUT2D eigenvalue weighted by molar-refractivity contribution is 5.94. The van der Waals surface area contributed by atoms with Gasteiger partial charge in [-0.3, -0.25) is 15.0 Å². The summed E-state index contributed by atoms with van der Waals surface area (Å²) in [4.78, 5) is 13.3. The Morgan fingerprint density at radius 1 is 1.31 bits per heavy atom. The summed E-state index contributed by atoms with van der Waals surface area (Å²) >= 11 is 0. The first-order chi connectivity index (χ1) is 13.9. The molecule has 1 aliphatic carbocycles. The summed E-state index contributed by atoms with van der Waals surface area (Å²) in [5.74, 6) is 0. The Bertz CT molecular complexity index is 884. The maximum absolute atomic E-state index is 4.89. The first-order valence-corrected chi connectivity index (χ1v) is 10.6. The van der Waals surface area contributed by atoms with E-state index >= 15 is 0 Å². The summed E-state index contributed by atoms with van der Waals surface area (Å²) in [7, 11) is 0. The third kappa shape index (κ3) is 5.11. The van der Waals surface area contributed by atoms with Crippen LogP contribution in [0.3, 0.4) is 0 Å². The molecule has 1 unspecified atom stereocenters. The zero-order valence-electron chi connectivity index (χ0n) is 18.4. The van der Waals surface area contributed by atoms with Crippen LogP contribution in [0.25, 0.3) is 0 Å². The molecule has 0 spiro atoms. The average molecular weight is 391 g/mol. The first-order valence-electron chi connectivity index (χ1n) is 10.6. The molecule has 29 heavy (non-hydrogen) atoms. The molecule has 0 amide bonds. The van der Waals surface area contributed by atoms with Crippen LogP contribution in [0.2, 0.25) is 0 Å². The molecule has 1 heterocycles. The van der Waals surface area contributed by atoms with Crippen molar-refractivity contribution < 1.29 is 0 Å². The standard InChI is InChI=1S/C25H34N4/c1-7-23(29-19(4)21-13-18(3)27-15-21)22-9-8-20(12-17(22)2)14-28-24(16-26-6)25(5)10-11-25/h8-9,12,15,23,29H,4,6-7,10-11,13-14,16H2,1-3,5H3. The SMILES string of the molecule is C=NCC(=NCc1ccc(C(CC)NC(=C)C2=CN=C(C)C2)c(C)c1)C1(C)CC1. The molecule has 3 rings (SSSR count). The van der Waals surface area contributed by atoms with Gasteiger partial charge in [0.05, 0.1) is 19.1 Å². The van der Waals surface area contributed by atoms with Crippen molar-refractivity contribution in [2.45, 2.75) is 66.0 Å². The molecule has 1 aromatic carbocycles. The summed E-state index contributed by atoms with van der Waals surface area (Å²) in [5.41, 5.74) is 8.60. The molecular weight excluding hydrogens is 356 g/mol. The second-order valence-corrected chi connectivity index (χ2v) is 8.68. The summed E-state index contributed by atoms with van der Waals surface area (Å²) in [6, 6.07) is 6.95. The Morgan fingerprint density at radius 3 is 2.62 bits per heavy atom. The van der Waals surface area contributed by atoms with Crippen LogP contribution < -0.4 is 5.32 Å². The summed E-state index contributed by atoms with van der Waals surface area (Å²) in [6.45, 7) is 18.0. The van der Waals surface area contributed by atoms with E-state index in [1.165, 1.54) is 40.8 Å². The van der Waals surface area contributed by atoms with Gasteiger partial charge in [0.2, 0.25) is 0 Å². The lowest BCUT2D eigenvalue weighted by atomic mass is 9.96. The number of aryl methyl sites for hydroxylation is 1. The van der Waals surface area contributed by atoms with E-state index < -0.39 is 0 Å². The topological polar surface area (TPSA) is 49.1 Å². The van der Waals surface area contributed by atoms with Gasteiger partial charge in [-0.05, 0) is 62.1 Å². The van der Waals surface area contributed by atoms with Gasteiger partial charge in [-0.1, -0.05) is 38.6 Å². The highest BCUT2D eigenvalue weighted by Gasteiger charge is 2.41. The molecule has 1 atom stereocenters. The third-order valence-corrected chi connectivity index (χ3v) is 6.15. The summed E-state index contributed by atoms with van der Waals surface area (Å²) in [6.07, 6.45) is 6.25. The number of benzene rings is 1. The van der Waals surface area contributed by atoms with Crippen molar-refractivity contribution in [1.82, 2.24) is 5.32 Å². The number of hydrogen-bond donors (Lipinski definition) is 1. The smallest absolute Gasteiger partial charge is 0.0766 e. The van der Waals surface area contributed by atoms with Crippen LogP contribution in [-0.4, -0.2) is 24.7 Å². The molecule has 154 valence electrons. The van der Waals surface area contributed by atoms with Crippen LogP contribution in [0, 0.1) is 12.3 Å². The van der Waals surface area contributed by atoms with Crippen LogP contribution in [0.15, 0.2) is 57.2 Å². The molecular formula is C25H34N4. The zero-order valence-corrected chi connectivity index (χ0v) is 18.4. The zero-order chi connectivity index (χ0) is 21.0. The van der Waals surface area contributed by atoms with Crippen LogP contribution in [-0.2, 0) is 6.54 Å². The van der Waals surface area contributed by atoms with E-state index in [0.29, 0.717) is 13.1 Å². The maximum Gasteiger partial charge on any atom is 0.0766 e. The Balaban J connectivity index is 1.69. The van der Waals surface area contributed by atoms with Gasteiger partial charge in [-0.2, -0.15) is 0 Å². The minimum absolute atomic E-state index is 0.243. The van der Waals surface area contributed by atoms with Gasteiger partial charge in [-0.25, -0.2) is 0 Å². The predicted octanol–water partition coefficient (Wildman–Crippen LogP) is 5.74. The quantitative estimate of drug-likeness (QED) is 0.509. The van der Waals surface area contributed by atoms with Gasteiger partial charge in [0.15, 0.2) is 0 Å². The highest BCUT2D eigenvalue weighted by atomic mass is 14.9. The molecule has 1 saturated carbocycles. The minimum atomic E-state index is 0.243. The fraction of sp³-hybridized carbons (Fsp3) is 0.480. The van der Waals surface area contributed by atoms with E-state index in [-0.39, 0.29) is 11.5 Å². The van der Waals surface area contributed by atoms with Crippen molar-refractivity contribution in [3.8, 4) is 0 Å². The fourth-order valence-electron chi connectivity index (χ4n) is 3.87. The van der Waals surface area contributed by atoms with Crippen molar-refractivity contribution in [1.29, 1.82) is 0 Å². The Labute approximate surface area is 175 Å². The second kappa shape index (κ2) is 8.89. The largest absolute Gasteiger partial charge is 0.378 e. The van der Waals surface area contributed by atoms with Crippen molar-refractivity contribution in [3.63, 3.8) is 0 Å². The van der Waals surface area contributed by atoms with Gasteiger partial charge in [0.25, 0.3) is 0 Å². The van der Waals surface area contributed by atoms with E-state index in [1.807, 2.05) is 6.20 Å². The van der Waals surface area contributed by atoms with E-state index in [4.69, 9.17) is 4.99 Å². The third-order valence-electron chi connectivity index (χ3n) is 6.15. The molecule has 0 aromatic heterocycles. The molecule has 0 bridgehead atoms. The fourth-order valence-corrected chi connectivity index (χ4v) is 3.87. The lowest BCUT2D eigenvalue weighted by Gasteiger charge is -2.23. The Morgan fingerprint density at radius 2 is 2.07 bits per heavy atom. The van der Waals surface area contributed by atoms with Crippen molar-refractivity contribution in [2.75, 3.05) is 6.54 Å². The van der Waals surface area contributed by atoms with Crippen molar-refractivity contribution >= 4 is 18.1 Å². The van der Waals surface area contributed by atoms with E-state index in [0.717, 1.165) is 24.3 Å². The molecule has 0 radical (unpaired) electrons. The molecule has 1 aromatic rings. The Hall–Kier alpha value is -2.49. The predicted molar refractivity (Wildman–Crippen MR) is 125 cm³/mol. The van der Waals surface area contributed by atoms with Gasteiger partial charge in [0, 0.05) is 35.2 Å². The number of rotatable bonds is 10. The van der Waals surface area contributed by atoms with Crippen molar-refractivity contribution in [3.05, 3.63) is 58.9 Å². The molecule has 2 aliphatic rings. The van der Waals surface area contributed by atoms with Crippen LogP contribution in [0.4, 0.5) is 0 Å². The van der Waals surface area contributed by atoms with E-state index in [2.05, 4.69) is 74.5 Å². The molecule has 4 heteroatoms. The van der Waals surface area contributed by atoms with Gasteiger partial charge >= 0.3 is 0 Å². The van der Waals surface area contributed by atoms with E-state index in [1.54, 1.807) is 0 Å². The average Bonchev–Trinajstić information content (AvgIpc) is 3.29. The number of allylic oxidation sites excluding steroid dienone is 1. The monoisotopic (exact) mass is 390 g/mol. The highest BCUT2D eigenvalue weighted by Crippen LogP contribution is 2.46. The molecule has 1 N–H and O–H groups in total. The maximum atomic E-state index is 4.89. The van der Waals surface area contributed by atoms with Gasteiger partial charge < -0.3 is 5.32 Å². The van der Waals surface area contributed by atoms with Gasteiger partial charge in [0.1, 0.15) is 0 Å². The minimum Gasteiger partial charge on any atom is -0.378 e. The second-order valence-electron chi connectivity index (χ2n) is 8.68. The lowest BCUT2D eigenvalue weighted by Crippen LogP contribution is -2.21. The Kier molecular flexibility index (Phi) is 6.51. The molecule has 0 saturated heterocycles. The summed E-state index contributed by atoms with van der Waals surface area (Å²) < 4.78 is 0. The summed E-state index contributed by atoms with van der Waals surface area (Å²) in [5, 5.41) is 3.62. The number of hydrogen-bond acceptors (Lipinski definition) is 4. The van der Waals surface area contributed by atoms with Crippen molar-refractivity contribution in [2.24, 2.45) is 20.4 Å². The molecule has 4 nitrogen and oxygen atoms in total. The van der Waals surface area contributed by atoms with Crippen LogP contribution in [0.5, 0.6) is 0 Å². The lowest BCUT2D eigenvalue weighted by molar-refractivity contribution is 0.580. The number of nitrogens with one attached hydrogen (secondary N) is 1. The van der Waals surface area contributed by atoms with Crippen LogP contribution in [0.1, 0.15) is 69.2 Å².